The molecule has 6 heteroatoms. The van der Waals surface area contributed by atoms with Crippen LogP contribution < -0.4 is 10.5 Å². The number of ether oxygens (including phenoxy) is 1. The number of allylic oxidation sites excluding steroid dienone is 4. The Bertz CT molecular complexity index is 1100. The second-order valence-corrected chi connectivity index (χ2v) is 6.71. The maximum Gasteiger partial charge on any atom is 0.194 e. The van der Waals surface area contributed by atoms with Crippen molar-refractivity contribution in [3.8, 4) is 24.0 Å². The van der Waals surface area contributed by atoms with E-state index in [0.29, 0.717) is 21.9 Å². The predicted octanol–water partition coefficient (Wildman–Crippen LogP) is 4.30. The van der Waals surface area contributed by atoms with Crippen molar-refractivity contribution in [1.29, 1.82) is 15.8 Å². The van der Waals surface area contributed by atoms with Gasteiger partial charge >= 0.3 is 0 Å². The Morgan fingerprint density at radius 2 is 1.75 bits per heavy atom. The molecule has 5 nitrogen and oxygen atoms in total. The molecule has 0 spiro atoms. The van der Waals surface area contributed by atoms with Crippen molar-refractivity contribution in [1.82, 2.24) is 0 Å². The Morgan fingerprint density at radius 3 is 2.29 bits per heavy atom. The van der Waals surface area contributed by atoms with Crippen LogP contribution in [0.1, 0.15) is 17.0 Å². The second-order valence-electron chi connectivity index (χ2n) is 6.27. The number of hydrogen-bond acceptors (Lipinski definition) is 5. The van der Waals surface area contributed by atoms with E-state index in [1.165, 1.54) is 0 Å². The smallest absolute Gasteiger partial charge is 0.194 e. The zero-order valence-corrected chi connectivity index (χ0v) is 15.7. The summed E-state index contributed by atoms with van der Waals surface area (Å²) < 4.78 is 5.18. The SMILES string of the molecule is COc1ccc(C2=CC(c3cccc(Cl)c3)C(C#N)(C#N)C(N)=C2C#N)cc1. The minimum absolute atomic E-state index is 0.0571. The third kappa shape index (κ3) is 2.97. The van der Waals surface area contributed by atoms with Gasteiger partial charge in [-0.15, -0.1) is 0 Å². The molecule has 0 radical (unpaired) electrons. The molecule has 1 atom stereocenters. The molecule has 0 saturated carbocycles. The lowest BCUT2D eigenvalue weighted by Gasteiger charge is -2.33. The molecule has 2 aromatic rings. The van der Waals surface area contributed by atoms with Gasteiger partial charge in [0, 0.05) is 10.9 Å². The van der Waals surface area contributed by atoms with Crippen LogP contribution in [-0.2, 0) is 0 Å². The van der Waals surface area contributed by atoms with E-state index in [4.69, 9.17) is 22.1 Å². The van der Waals surface area contributed by atoms with Gasteiger partial charge in [-0.25, -0.2) is 0 Å². The highest BCUT2D eigenvalue weighted by atomic mass is 35.5. The molecular weight excluding hydrogens is 372 g/mol. The third-order valence-electron chi connectivity index (χ3n) is 4.84. The van der Waals surface area contributed by atoms with Gasteiger partial charge in [-0.2, -0.15) is 15.8 Å². The molecule has 2 aromatic carbocycles. The first kappa shape index (κ1) is 19.1. The van der Waals surface area contributed by atoms with E-state index in [1.807, 2.05) is 12.1 Å². The van der Waals surface area contributed by atoms with Crippen molar-refractivity contribution in [2.75, 3.05) is 7.11 Å². The largest absolute Gasteiger partial charge is 0.497 e. The van der Waals surface area contributed by atoms with E-state index < -0.39 is 11.3 Å². The predicted molar refractivity (Wildman–Crippen MR) is 106 cm³/mol. The third-order valence-corrected chi connectivity index (χ3v) is 5.07. The lowest BCUT2D eigenvalue weighted by Crippen LogP contribution is -2.35. The van der Waals surface area contributed by atoms with E-state index in [-0.39, 0.29) is 11.3 Å². The van der Waals surface area contributed by atoms with Gasteiger partial charge in [0.15, 0.2) is 5.41 Å². The summed E-state index contributed by atoms with van der Waals surface area (Å²) in [4.78, 5) is 0. The molecule has 0 saturated heterocycles. The summed E-state index contributed by atoms with van der Waals surface area (Å²) >= 11 is 6.13. The van der Waals surface area contributed by atoms with Crippen LogP contribution in [0.15, 0.2) is 65.9 Å². The molecule has 136 valence electrons. The van der Waals surface area contributed by atoms with Crippen molar-refractivity contribution < 1.29 is 4.74 Å². The van der Waals surface area contributed by atoms with Crippen LogP contribution in [0.5, 0.6) is 5.75 Å². The van der Waals surface area contributed by atoms with Gasteiger partial charge in [0.05, 0.1) is 30.5 Å². The standard InChI is InChI=1S/C22H15ClN4O/c1-28-17-7-5-14(6-8-17)18-10-20(15-3-2-4-16(23)9-15)22(12-25,13-26)21(27)19(18)11-24/h2-10,20H,27H2,1H3. The normalized spacial score (nSPS) is 17.7. The van der Waals surface area contributed by atoms with Crippen molar-refractivity contribution in [3.63, 3.8) is 0 Å². The van der Waals surface area contributed by atoms with Crippen LogP contribution in [0.25, 0.3) is 5.57 Å². The summed E-state index contributed by atoms with van der Waals surface area (Å²) in [5.74, 6) is -0.0131. The van der Waals surface area contributed by atoms with Crippen molar-refractivity contribution in [2.45, 2.75) is 5.92 Å². The summed E-state index contributed by atoms with van der Waals surface area (Å²) in [5, 5.41) is 30.0. The number of hydrogen-bond donors (Lipinski definition) is 1. The molecule has 1 unspecified atom stereocenters. The molecule has 3 rings (SSSR count). The van der Waals surface area contributed by atoms with Crippen molar-refractivity contribution >= 4 is 17.2 Å². The number of halogens is 1. The molecule has 0 bridgehead atoms. The first-order chi connectivity index (χ1) is 13.5. The molecule has 0 aromatic heterocycles. The van der Waals surface area contributed by atoms with Crippen LogP contribution in [0.3, 0.4) is 0 Å². The molecule has 1 aliphatic rings. The highest BCUT2D eigenvalue weighted by Gasteiger charge is 2.47. The summed E-state index contributed by atoms with van der Waals surface area (Å²) in [5.41, 5.74) is 6.58. The first-order valence-electron chi connectivity index (χ1n) is 8.35. The molecule has 0 aliphatic heterocycles. The maximum atomic E-state index is 9.88. The quantitative estimate of drug-likeness (QED) is 0.846. The van der Waals surface area contributed by atoms with Crippen LogP contribution in [0, 0.1) is 39.4 Å². The van der Waals surface area contributed by atoms with E-state index in [0.717, 1.165) is 5.56 Å². The Hall–Kier alpha value is -3.72. The lowest BCUT2D eigenvalue weighted by atomic mass is 9.65. The summed E-state index contributed by atoms with van der Waals surface area (Å²) in [6.07, 6.45) is 1.74. The van der Waals surface area contributed by atoms with Crippen LogP contribution in [0.2, 0.25) is 5.02 Å². The van der Waals surface area contributed by atoms with Gasteiger partial charge < -0.3 is 10.5 Å². The number of rotatable bonds is 3. The molecule has 2 N–H and O–H groups in total. The van der Waals surface area contributed by atoms with E-state index in [2.05, 4.69) is 6.07 Å². The minimum Gasteiger partial charge on any atom is -0.497 e. The molecule has 0 amide bonds. The van der Waals surface area contributed by atoms with Gasteiger partial charge in [-0.1, -0.05) is 41.9 Å². The summed E-state index contributed by atoms with van der Waals surface area (Å²) in [6.45, 7) is 0. The fourth-order valence-electron chi connectivity index (χ4n) is 3.35. The summed E-state index contributed by atoms with van der Waals surface area (Å²) in [6, 6.07) is 20.2. The maximum absolute atomic E-state index is 9.88. The molecule has 0 fully saturated rings. The monoisotopic (exact) mass is 386 g/mol. The van der Waals surface area contributed by atoms with Crippen LogP contribution >= 0.6 is 11.6 Å². The topological polar surface area (TPSA) is 107 Å². The van der Waals surface area contributed by atoms with Crippen molar-refractivity contribution in [3.05, 3.63) is 82.0 Å². The number of nitriles is 3. The van der Waals surface area contributed by atoms with Gasteiger partial charge in [0.25, 0.3) is 0 Å². The van der Waals surface area contributed by atoms with Gasteiger partial charge in [-0.05, 0) is 41.0 Å². The Kier molecular flexibility index (Phi) is 5.10. The highest BCUT2D eigenvalue weighted by molar-refractivity contribution is 6.30. The number of nitrogens with zero attached hydrogens (tertiary/aromatic N) is 3. The van der Waals surface area contributed by atoms with E-state index in [9.17, 15) is 15.8 Å². The van der Waals surface area contributed by atoms with E-state index in [1.54, 1.807) is 61.7 Å². The zero-order valence-electron chi connectivity index (χ0n) is 15.0. The van der Waals surface area contributed by atoms with Crippen LogP contribution in [-0.4, -0.2) is 7.11 Å². The average Bonchev–Trinajstić information content (AvgIpc) is 2.73. The van der Waals surface area contributed by atoms with Gasteiger partial charge in [-0.3, -0.25) is 0 Å². The Labute approximate surface area is 168 Å². The average molecular weight is 387 g/mol. The molecular formula is C22H15ClN4O. The fraction of sp³-hybridized carbons (Fsp3) is 0.136. The van der Waals surface area contributed by atoms with Gasteiger partial charge in [0.1, 0.15) is 11.8 Å². The van der Waals surface area contributed by atoms with E-state index >= 15 is 0 Å². The highest BCUT2D eigenvalue weighted by Crippen LogP contribution is 2.49. The molecule has 0 heterocycles. The zero-order chi connectivity index (χ0) is 20.3. The minimum atomic E-state index is -1.70. The van der Waals surface area contributed by atoms with Gasteiger partial charge in [0.2, 0.25) is 0 Å². The number of benzene rings is 2. The lowest BCUT2D eigenvalue weighted by molar-refractivity contribution is 0.415. The van der Waals surface area contributed by atoms with Crippen LogP contribution in [0.4, 0.5) is 0 Å². The summed E-state index contributed by atoms with van der Waals surface area (Å²) in [7, 11) is 1.57. The Balaban J connectivity index is 2.28. The fourth-order valence-corrected chi connectivity index (χ4v) is 3.55. The molecule has 1 aliphatic carbocycles. The number of methoxy groups -OCH3 is 1. The second kappa shape index (κ2) is 7.49. The molecule has 28 heavy (non-hydrogen) atoms. The number of nitrogens with two attached hydrogens (primary N) is 1. The Morgan fingerprint density at radius 1 is 1.07 bits per heavy atom. The first-order valence-corrected chi connectivity index (χ1v) is 8.73. The van der Waals surface area contributed by atoms with Crippen molar-refractivity contribution in [2.24, 2.45) is 11.1 Å².